The summed E-state index contributed by atoms with van der Waals surface area (Å²) in [5.74, 6) is 0. The van der Waals surface area contributed by atoms with Crippen molar-refractivity contribution in [2.75, 3.05) is 0 Å². The van der Waals surface area contributed by atoms with Crippen LogP contribution in [0.5, 0.6) is 0 Å². The molecule has 10 heavy (non-hydrogen) atoms. The number of carbonyl (C=O) groups is 1. The predicted octanol–water partition coefficient (Wildman–Crippen LogP) is 1.04. The third-order valence-electron chi connectivity index (χ3n) is 1.20. The summed E-state index contributed by atoms with van der Waals surface area (Å²) >= 11 is 5.55. The molecule has 0 N–H and O–H groups in total. The van der Waals surface area contributed by atoms with Gasteiger partial charge in [0.1, 0.15) is 6.29 Å². The molecule has 54 valence electrons. The van der Waals surface area contributed by atoms with E-state index in [-0.39, 0.29) is 6.54 Å². The van der Waals surface area contributed by atoms with Gasteiger partial charge in [0.25, 0.3) is 0 Å². The molecule has 0 aromatic carbocycles. The van der Waals surface area contributed by atoms with Crippen LogP contribution in [0.15, 0.2) is 6.07 Å². The van der Waals surface area contributed by atoms with Crippen molar-refractivity contribution < 1.29 is 4.79 Å². The Bertz CT molecular complexity index is 244. The number of aldehydes is 1. The zero-order valence-corrected chi connectivity index (χ0v) is 6.30. The van der Waals surface area contributed by atoms with E-state index in [4.69, 9.17) is 11.6 Å². The third-order valence-corrected chi connectivity index (χ3v) is 1.38. The molecule has 1 aromatic rings. The number of aromatic nitrogens is 2. The molecule has 0 atom stereocenters. The van der Waals surface area contributed by atoms with Crippen molar-refractivity contribution in [3.63, 3.8) is 0 Å². The van der Waals surface area contributed by atoms with Crippen molar-refractivity contribution in [1.29, 1.82) is 0 Å². The molecule has 0 amide bonds. The van der Waals surface area contributed by atoms with Crippen LogP contribution in [0.4, 0.5) is 0 Å². The monoisotopic (exact) mass is 158 g/mol. The van der Waals surface area contributed by atoms with Crippen LogP contribution in [-0.4, -0.2) is 16.1 Å². The highest BCUT2D eigenvalue weighted by Crippen LogP contribution is 2.07. The maximum absolute atomic E-state index is 10.0. The third kappa shape index (κ3) is 1.36. The van der Waals surface area contributed by atoms with Gasteiger partial charge in [-0.1, -0.05) is 11.6 Å². The molecule has 0 fully saturated rings. The molecule has 0 radical (unpaired) electrons. The molecule has 0 aliphatic carbocycles. The van der Waals surface area contributed by atoms with E-state index in [0.717, 1.165) is 12.0 Å². The Kier molecular flexibility index (Phi) is 2.06. The van der Waals surface area contributed by atoms with Crippen LogP contribution in [0.2, 0.25) is 5.15 Å². The topological polar surface area (TPSA) is 34.9 Å². The molecule has 1 aromatic heterocycles. The van der Waals surface area contributed by atoms with E-state index in [9.17, 15) is 4.79 Å². The minimum atomic E-state index is 0.276. The molecule has 0 aliphatic rings. The van der Waals surface area contributed by atoms with Gasteiger partial charge in [0.15, 0.2) is 5.15 Å². The number of halogens is 1. The van der Waals surface area contributed by atoms with E-state index in [1.807, 2.05) is 6.92 Å². The number of carbonyl (C=O) groups excluding carboxylic acids is 1. The molecular formula is C6H7ClN2O. The predicted molar refractivity (Wildman–Crippen MR) is 38.0 cm³/mol. The number of rotatable bonds is 2. The van der Waals surface area contributed by atoms with E-state index < -0.39 is 0 Å². The number of aryl methyl sites for hydroxylation is 1. The fraction of sp³-hybridized carbons (Fsp3) is 0.333. The van der Waals surface area contributed by atoms with E-state index in [1.54, 1.807) is 10.7 Å². The van der Waals surface area contributed by atoms with Crippen molar-refractivity contribution in [1.82, 2.24) is 9.78 Å². The van der Waals surface area contributed by atoms with Crippen molar-refractivity contribution in [3.05, 3.63) is 16.9 Å². The second-order valence-corrected chi connectivity index (χ2v) is 2.34. The van der Waals surface area contributed by atoms with Crippen LogP contribution in [0, 0.1) is 6.92 Å². The molecule has 0 saturated carbocycles. The second kappa shape index (κ2) is 2.84. The lowest BCUT2D eigenvalue weighted by molar-refractivity contribution is -0.108. The molecule has 0 unspecified atom stereocenters. The van der Waals surface area contributed by atoms with Gasteiger partial charge in [-0.3, -0.25) is 4.68 Å². The minimum absolute atomic E-state index is 0.276. The van der Waals surface area contributed by atoms with Gasteiger partial charge < -0.3 is 4.79 Å². The van der Waals surface area contributed by atoms with E-state index in [1.165, 1.54) is 0 Å². The molecule has 0 spiro atoms. The fourth-order valence-electron chi connectivity index (χ4n) is 0.725. The van der Waals surface area contributed by atoms with Crippen LogP contribution in [0.1, 0.15) is 5.69 Å². The Balaban J connectivity index is 2.91. The average molecular weight is 159 g/mol. The Morgan fingerprint density at radius 3 is 3.00 bits per heavy atom. The maximum atomic E-state index is 10.0. The molecular weight excluding hydrogens is 152 g/mol. The summed E-state index contributed by atoms with van der Waals surface area (Å²) in [6.45, 7) is 2.13. The Morgan fingerprint density at radius 1 is 1.90 bits per heavy atom. The highest BCUT2D eigenvalue weighted by atomic mass is 35.5. The Morgan fingerprint density at radius 2 is 2.60 bits per heavy atom. The van der Waals surface area contributed by atoms with Crippen LogP contribution < -0.4 is 0 Å². The van der Waals surface area contributed by atoms with E-state index >= 15 is 0 Å². The molecule has 0 aliphatic heterocycles. The lowest BCUT2D eigenvalue weighted by Crippen LogP contribution is -2.02. The number of hydrogen-bond donors (Lipinski definition) is 0. The normalized spacial score (nSPS) is 9.80. The number of hydrogen-bond acceptors (Lipinski definition) is 2. The SMILES string of the molecule is Cc1cc(Cl)nn1CC=O. The van der Waals surface area contributed by atoms with Crippen LogP contribution in [0.3, 0.4) is 0 Å². The van der Waals surface area contributed by atoms with Gasteiger partial charge in [0.05, 0.1) is 6.54 Å². The van der Waals surface area contributed by atoms with Gasteiger partial charge in [-0.15, -0.1) is 0 Å². The van der Waals surface area contributed by atoms with Crippen molar-refractivity contribution in [2.24, 2.45) is 0 Å². The summed E-state index contributed by atoms with van der Waals surface area (Å²) in [7, 11) is 0. The molecule has 1 rings (SSSR count). The van der Waals surface area contributed by atoms with Gasteiger partial charge in [-0.2, -0.15) is 5.10 Å². The summed E-state index contributed by atoms with van der Waals surface area (Å²) < 4.78 is 1.55. The van der Waals surface area contributed by atoms with E-state index in [0.29, 0.717) is 5.15 Å². The molecule has 3 nitrogen and oxygen atoms in total. The van der Waals surface area contributed by atoms with Gasteiger partial charge in [-0.05, 0) is 13.0 Å². The van der Waals surface area contributed by atoms with Crippen molar-refractivity contribution in [2.45, 2.75) is 13.5 Å². The summed E-state index contributed by atoms with van der Waals surface area (Å²) in [6.07, 6.45) is 0.788. The number of nitrogens with zero attached hydrogens (tertiary/aromatic N) is 2. The lowest BCUT2D eigenvalue weighted by Gasteiger charge is -1.94. The first-order valence-electron chi connectivity index (χ1n) is 2.87. The molecule has 0 saturated heterocycles. The smallest absolute Gasteiger partial charge is 0.151 e. The first-order chi connectivity index (χ1) is 4.74. The van der Waals surface area contributed by atoms with Crippen molar-refractivity contribution >= 4 is 17.9 Å². The van der Waals surface area contributed by atoms with E-state index in [2.05, 4.69) is 5.10 Å². The largest absolute Gasteiger partial charge is 0.301 e. The van der Waals surface area contributed by atoms with Gasteiger partial charge in [0, 0.05) is 5.69 Å². The Hall–Kier alpha value is -0.830. The summed E-state index contributed by atoms with van der Waals surface area (Å²) in [5, 5.41) is 4.28. The van der Waals surface area contributed by atoms with Crippen LogP contribution in [-0.2, 0) is 11.3 Å². The fourth-order valence-corrected chi connectivity index (χ4v) is 0.975. The standard InChI is InChI=1S/C6H7ClN2O/c1-5-4-6(7)8-9(5)2-3-10/h3-4H,2H2,1H3. The first kappa shape index (κ1) is 7.28. The zero-order valence-electron chi connectivity index (χ0n) is 5.54. The first-order valence-corrected chi connectivity index (χ1v) is 3.25. The lowest BCUT2D eigenvalue weighted by atomic mass is 10.5. The molecule has 4 heteroatoms. The van der Waals surface area contributed by atoms with Gasteiger partial charge in [0.2, 0.25) is 0 Å². The zero-order chi connectivity index (χ0) is 7.56. The molecule has 0 bridgehead atoms. The van der Waals surface area contributed by atoms with Gasteiger partial charge >= 0.3 is 0 Å². The maximum Gasteiger partial charge on any atom is 0.151 e. The van der Waals surface area contributed by atoms with Crippen molar-refractivity contribution in [3.8, 4) is 0 Å². The van der Waals surface area contributed by atoms with Gasteiger partial charge in [-0.25, -0.2) is 0 Å². The second-order valence-electron chi connectivity index (χ2n) is 1.96. The highest BCUT2D eigenvalue weighted by molar-refractivity contribution is 6.29. The summed E-state index contributed by atoms with van der Waals surface area (Å²) in [5.41, 5.74) is 0.900. The summed E-state index contributed by atoms with van der Waals surface area (Å²) in [6, 6.07) is 1.71. The quantitative estimate of drug-likeness (QED) is 0.603. The van der Waals surface area contributed by atoms with Crippen LogP contribution >= 0.6 is 11.6 Å². The van der Waals surface area contributed by atoms with Crippen LogP contribution in [0.25, 0.3) is 0 Å². The molecule has 1 heterocycles. The highest BCUT2D eigenvalue weighted by Gasteiger charge is 1.98. The summed E-state index contributed by atoms with van der Waals surface area (Å²) in [4.78, 5) is 10.0. The minimum Gasteiger partial charge on any atom is -0.301 e. The Labute approximate surface area is 63.6 Å². The average Bonchev–Trinajstić information content (AvgIpc) is 2.13.